The van der Waals surface area contributed by atoms with E-state index in [1.807, 2.05) is 0 Å². The highest BCUT2D eigenvalue weighted by atomic mass is 16.6. The standard InChI is InChI=1S/C65H108O5/c1-3-5-7-9-11-13-15-17-19-21-22-23-24-25-26-27-28-29-30-31-32-33-34-35-36-37-38-39-40-41-42-44-46-48-50-52-54-56-58-60-65(68)70-63(61-66)62-69-64(67)59-57-55-53-51-49-47-45-43-20-18-16-14-12-10-8-6-4-2/h5,7,11,13,17,19,22-23,25-26,28-29,31-32,34-35,37-38,40-41,63,66H,3-4,6,8-10,12,14-16,18,20-21,24,27,30,33,36,39,42-62H2,1-2H3/b7-5-,13-11-,19-17-,23-22-,26-25-,29-28-,32-31-,35-34-,38-37-,41-40-. The van der Waals surface area contributed by atoms with Gasteiger partial charge in [0.1, 0.15) is 6.61 Å². The van der Waals surface area contributed by atoms with Gasteiger partial charge in [0, 0.05) is 12.8 Å². The predicted octanol–water partition coefficient (Wildman–Crippen LogP) is 19.9. The second-order valence-electron chi connectivity index (χ2n) is 19.0. The molecule has 0 aliphatic carbocycles. The van der Waals surface area contributed by atoms with Gasteiger partial charge in [-0.15, -0.1) is 0 Å². The highest BCUT2D eigenvalue weighted by Gasteiger charge is 2.16. The first-order valence-electron chi connectivity index (χ1n) is 29.1. The van der Waals surface area contributed by atoms with Gasteiger partial charge in [0.2, 0.25) is 0 Å². The van der Waals surface area contributed by atoms with E-state index in [2.05, 4.69) is 135 Å². The SMILES string of the molecule is CC/C=C\C/C=C\C/C=C\C/C=C\C/C=C\C/C=C\C/C=C\C/C=C\C/C=C\C/C=C\CCCCCCCCCCC(=O)OC(CO)COC(=O)CCCCCCCCCCCCCCCCCCC. The summed E-state index contributed by atoms with van der Waals surface area (Å²) in [6.45, 7) is 4.03. The zero-order valence-electron chi connectivity index (χ0n) is 45.5. The summed E-state index contributed by atoms with van der Waals surface area (Å²) in [5.74, 6) is -0.598. The summed E-state index contributed by atoms with van der Waals surface area (Å²) in [5.41, 5.74) is 0. The second kappa shape index (κ2) is 59.6. The molecule has 5 heteroatoms. The Morgan fingerprint density at radius 1 is 0.343 bits per heavy atom. The van der Waals surface area contributed by atoms with E-state index in [0.29, 0.717) is 12.8 Å². The number of hydrogen-bond donors (Lipinski definition) is 1. The zero-order valence-corrected chi connectivity index (χ0v) is 45.5. The molecule has 0 bridgehead atoms. The Balaban J connectivity index is 3.59. The van der Waals surface area contributed by atoms with E-state index < -0.39 is 6.10 Å². The van der Waals surface area contributed by atoms with Crippen LogP contribution in [-0.4, -0.2) is 36.4 Å². The van der Waals surface area contributed by atoms with E-state index in [1.54, 1.807) is 0 Å². The van der Waals surface area contributed by atoms with Crippen molar-refractivity contribution < 1.29 is 24.2 Å². The molecule has 0 aliphatic rings. The second-order valence-corrected chi connectivity index (χ2v) is 19.0. The number of aliphatic hydroxyl groups is 1. The lowest BCUT2D eigenvalue weighted by molar-refractivity contribution is -0.161. The van der Waals surface area contributed by atoms with Crippen LogP contribution in [0.2, 0.25) is 0 Å². The Kier molecular flexibility index (Phi) is 56.5. The van der Waals surface area contributed by atoms with Crippen molar-refractivity contribution in [3.8, 4) is 0 Å². The number of esters is 2. The first-order valence-corrected chi connectivity index (χ1v) is 29.1. The smallest absolute Gasteiger partial charge is 0.306 e. The van der Waals surface area contributed by atoms with Gasteiger partial charge in [-0.25, -0.2) is 0 Å². The summed E-state index contributed by atoms with van der Waals surface area (Å²) in [6, 6.07) is 0. The lowest BCUT2D eigenvalue weighted by Crippen LogP contribution is -2.28. The first kappa shape index (κ1) is 66.3. The fraction of sp³-hybridized carbons (Fsp3) is 0.662. The normalized spacial score (nSPS) is 13.1. The quantitative estimate of drug-likeness (QED) is 0.0374. The molecule has 1 N–H and O–H groups in total. The van der Waals surface area contributed by atoms with E-state index in [9.17, 15) is 14.7 Å². The minimum absolute atomic E-state index is 0.0719. The van der Waals surface area contributed by atoms with Crippen LogP contribution in [0.25, 0.3) is 0 Å². The van der Waals surface area contributed by atoms with Gasteiger partial charge in [0.15, 0.2) is 6.10 Å². The lowest BCUT2D eigenvalue weighted by Gasteiger charge is -2.15. The molecule has 0 amide bonds. The Morgan fingerprint density at radius 3 is 0.929 bits per heavy atom. The Labute approximate surface area is 433 Å². The third-order valence-electron chi connectivity index (χ3n) is 12.3. The third-order valence-corrected chi connectivity index (χ3v) is 12.3. The van der Waals surface area contributed by atoms with Gasteiger partial charge >= 0.3 is 11.9 Å². The minimum atomic E-state index is -0.782. The molecule has 0 saturated heterocycles. The Hall–Kier alpha value is -3.70. The highest BCUT2D eigenvalue weighted by molar-refractivity contribution is 5.70. The molecule has 0 heterocycles. The summed E-state index contributed by atoms with van der Waals surface area (Å²) in [6.07, 6.45) is 87.4. The number of rotatable bonds is 52. The molecule has 1 atom stereocenters. The van der Waals surface area contributed by atoms with Crippen molar-refractivity contribution >= 4 is 11.9 Å². The molecule has 0 saturated carbocycles. The van der Waals surface area contributed by atoms with Crippen molar-refractivity contribution in [3.63, 3.8) is 0 Å². The molecule has 0 aromatic carbocycles. The van der Waals surface area contributed by atoms with Crippen LogP contribution in [0.1, 0.15) is 258 Å². The van der Waals surface area contributed by atoms with Crippen molar-refractivity contribution in [2.45, 2.75) is 264 Å². The summed E-state index contributed by atoms with van der Waals surface area (Å²) in [7, 11) is 0. The number of unbranched alkanes of at least 4 members (excludes halogenated alkanes) is 24. The van der Waals surface area contributed by atoms with Crippen LogP contribution in [0.5, 0.6) is 0 Å². The number of carbonyl (C=O) groups is 2. The first-order chi connectivity index (χ1) is 34.6. The fourth-order valence-corrected chi connectivity index (χ4v) is 7.94. The van der Waals surface area contributed by atoms with Crippen LogP contribution in [0, 0.1) is 0 Å². The maximum atomic E-state index is 12.3. The van der Waals surface area contributed by atoms with E-state index >= 15 is 0 Å². The number of allylic oxidation sites excluding steroid dienone is 20. The largest absolute Gasteiger partial charge is 0.462 e. The summed E-state index contributed by atoms with van der Waals surface area (Å²) < 4.78 is 10.7. The summed E-state index contributed by atoms with van der Waals surface area (Å²) in [4.78, 5) is 24.5. The van der Waals surface area contributed by atoms with Crippen LogP contribution in [0.4, 0.5) is 0 Å². The molecule has 0 fully saturated rings. The molecule has 0 aromatic rings. The van der Waals surface area contributed by atoms with E-state index in [0.717, 1.165) is 109 Å². The van der Waals surface area contributed by atoms with Gasteiger partial charge in [-0.2, -0.15) is 0 Å². The molecule has 0 rings (SSSR count). The van der Waals surface area contributed by atoms with Gasteiger partial charge in [0.05, 0.1) is 6.61 Å². The lowest BCUT2D eigenvalue weighted by atomic mass is 10.0. The van der Waals surface area contributed by atoms with Gasteiger partial charge in [-0.1, -0.05) is 277 Å². The average Bonchev–Trinajstić information content (AvgIpc) is 3.36. The monoisotopic (exact) mass is 969 g/mol. The molecular formula is C65H108O5. The van der Waals surface area contributed by atoms with E-state index in [1.165, 1.54) is 122 Å². The Bertz CT molecular complexity index is 1420. The fourth-order valence-electron chi connectivity index (χ4n) is 7.94. The molecule has 0 aromatic heterocycles. The molecular weight excluding hydrogens is 861 g/mol. The van der Waals surface area contributed by atoms with Gasteiger partial charge < -0.3 is 14.6 Å². The van der Waals surface area contributed by atoms with Crippen LogP contribution in [-0.2, 0) is 19.1 Å². The summed E-state index contributed by atoms with van der Waals surface area (Å²) >= 11 is 0. The van der Waals surface area contributed by atoms with Gasteiger partial charge in [0.25, 0.3) is 0 Å². The molecule has 0 aliphatic heterocycles. The molecule has 0 spiro atoms. The van der Waals surface area contributed by atoms with Crippen molar-refractivity contribution in [2.24, 2.45) is 0 Å². The maximum absolute atomic E-state index is 12.3. The molecule has 1 unspecified atom stereocenters. The highest BCUT2D eigenvalue weighted by Crippen LogP contribution is 2.16. The number of carbonyl (C=O) groups excluding carboxylic acids is 2. The molecule has 0 radical (unpaired) electrons. The molecule has 5 nitrogen and oxygen atoms in total. The molecule has 398 valence electrons. The van der Waals surface area contributed by atoms with Crippen LogP contribution >= 0.6 is 0 Å². The van der Waals surface area contributed by atoms with Crippen molar-refractivity contribution in [3.05, 3.63) is 122 Å². The Morgan fingerprint density at radius 2 is 0.614 bits per heavy atom. The van der Waals surface area contributed by atoms with Crippen molar-refractivity contribution in [2.75, 3.05) is 13.2 Å². The topological polar surface area (TPSA) is 72.8 Å². The van der Waals surface area contributed by atoms with Crippen molar-refractivity contribution in [1.82, 2.24) is 0 Å². The average molecular weight is 970 g/mol. The number of hydrogen-bond acceptors (Lipinski definition) is 5. The van der Waals surface area contributed by atoms with Crippen LogP contribution in [0.3, 0.4) is 0 Å². The molecule has 70 heavy (non-hydrogen) atoms. The number of ether oxygens (including phenoxy) is 2. The number of aliphatic hydroxyl groups excluding tert-OH is 1. The third kappa shape index (κ3) is 56.9. The van der Waals surface area contributed by atoms with Gasteiger partial charge in [-0.05, 0) is 89.9 Å². The predicted molar refractivity (Wildman–Crippen MR) is 306 cm³/mol. The van der Waals surface area contributed by atoms with Crippen LogP contribution < -0.4 is 0 Å². The van der Waals surface area contributed by atoms with Crippen molar-refractivity contribution in [1.29, 1.82) is 0 Å². The van der Waals surface area contributed by atoms with Crippen LogP contribution in [0.15, 0.2) is 122 Å². The van der Waals surface area contributed by atoms with Gasteiger partial charge in [-0.3, -0.25) is 9.59 Å². The van der Waals surface area contributed by atoms with E-state index in [4.69, 9.17) is 9.47 Å². The zero-order chi connectivity index (χ0) is 50.6. The van der Waals surface area contributed by atoms with E-state index in [-0.39, 0.29) is 25.2 Å². The summed E-state index contributed by atoms with van der Waals surface area (Å²) in [5, 5.41) is 9.64. The minimum Gasteiger partial charge on any atom is -0.462 e. The maximum Gasteiger partial charge on any atom is 0.306 e.